The van der Waals surface area contributed by atoms with Crippen LogP contribution in [0.5, 0.6) is 0 Å². The van der Waals surface area contributed by atoms with Crippen LogP contribution in [0.15, 0.2) is 0 Å². The number of urea groups is 1. The van der Waals surface area contributed by atoms with Crippen molar-refractivity contribution in [3.05, 3.63) is 0 Å². The molecule has 2 saturated heterocycles. The molecule has 2 rings (SSSR count). The summed E-state index contributed by atoms with van der Waals surface area (Å²) in [5, 5.41) is 11.4. The lowest BCUT2D eigenvalue weighted by Gasteiger charge is -2.36. The van der Waals surface area contributed by atoms with Gasteiger partial charge in [0.2, 0.25) is 5.91 Å². The number of carbonyl (C=O) groups is 2. The van der Waals surface area contributed by atoms with E-state index < -0.39 is 0 Å². The molecule has 16 heavy (non-hydrogen) atoms. The average Bonchev–Trinajstić information content (AvgIpc) is 2.67. The van der Waals surface area contributed by atoms with Crippen LogP contribution < -0.4 is 5.32 Å². The van der Waals surface area contributed by atoms with Crippen molar-refractivity contribution in [2.75, 3.05) is 32.8 Å². The van der Waals surface area contributed by atoms with Crippen LogP contribution in [-0.2, 0) is 4.79 Å². The van der Waals surface area contributed by atoms with E-state index in [9.17, 15) is 9.59 Å². The highest BCUT2D eigenvalue weighted by Gasteiger charge is 2.36. The van der Waals surface area contributed by atoms with E-state index in [4.69, 9.17) is 5.11 Å². The zero-order chi connectivity index (χ0) is 11.5. The van der Waals surface area contributed by atoms with E-state index >= 15 is 0 Å². The number of piperazine rings is 1. The van der Waals surface area contributed by atoms with Crippen LogP contribution in [0.4, 0.5) is 4.79 Å². The maximum atomic E-state index is 11.7. The van der Waals surface area contributed by atoms with Crippen LogP contribution >= 0.6 is 0 Å². The van der Waals surface area contributed by atoms with Crippen molar-refractivity contribution < 1.29 is 14.7 Å². The second-order valence-electron chi connectivity index (χ2n) is 4.20. The molecular formula is C10H17N3O3. The van der Waals surface area contributed by atoms with E-state index in [-0.39, 0.29) is 24.6 Å². The summed E-state index contributed by atoms with van der Waals surface area (Å²) in [4.78, 5) is 26.6. The molecule has 6 heteroatoms. The van der Waals surface area contributed by atoms with Gasteiger partial charge in [0.25, 0.3) is 0 Å². The number of aliphatic hydroxyl groups excluding tert-OH is 1. The number of hydrogen-bond donors (Lipinski definition) is 2. The number of fused-ring (bicyclic) bond motifs is 1. The lowest BCUT2D eigenvalue weighted by Crippen LogP contribution is -2.53. The Labute approximate surface area is 94.2 Å². The van der Waals surface area contributed by atoms with Crippen LogP contribution in [-0.4, -0.2) is 65.7 Å². The molecule has 0 aromatic carbocycles. The summed E-state index contributed by atoms with van der Waals surface area (Å²) in [5.41, 5.74) is 0. The molecule has 0 aromatic heterocycles. The molecule has 0 radical (unpaired) electrons. The van der Waals surface area contributed by atoms with Gasteiger partial charge < -0.3 is 20.2 Å². The molecule has 90 valence electrons. The van der Waals surface area contributed by atoms with Crippen LogP contribution in [0.1, 0.15) is 12.8 Å². The largest absolute Gasteiger partial charge is 0.396 e. The molecule has 3 amide bonds. The summed E-state index contributed by atoms with van der Waals surface area (Å²) in [6.07, 6.45) is 0.908. The minimum Gasteiger partial charge on any atom is -0.396 e. The maximum Gasteiger partial charge on any atom is 0.317 e. The van der Waals surface area contributed by atoms with Gasteiger partial charge in [0, 0.05) is 39.2 Å². The molecule has 2 heterocycles. The highest BCUT2D eigenvalue weighted by Crippen LogP contribution is 2.15. The van der Waals surface area contributed by atoms with E-state index in [0.717, 1.165) is 0 Å². The Morgan fingerprint density at radius 3 is 3.06 bits per heavy atom. The van der Waals surface area contributed by atoms with Gasteiger partial charge in [-0.2, -0.15) is 0 Å². The third-order valence-corrected chi connectivity index (χ3v) is 3.13. The first kappa shape index (κ1) is 11.2. The number of rotatable bonds is 3. The van der Waals surface area contributed by atoms with Gasteiger partial charge in [-0.05, 0) is 6.42 Å². The Kier molecular flexibility index (Phi) is 3.28. The van der Waals surface area contributed by atoms with Gasteiger partial charge in [0.15, 0.2) is 0 Å². The minimum atomic E-state index is -0.0209. The van der Waals surface area contributed by atoms with Crippen LogP contribution in [0.25, 0.3) is 0 Å². The molecule has 1 atom stereocenters. The van der Waals surface area contributed by atoms with Crippen LogP contribution in [0, 0.1) is 0 Å². The number of aliphatic hydroxyl groups is 1. The fourth-order valence-corrected chi connectivity index (χ4v) is 2.22. The van der Waals surface area contributed by atoms with E-state index in [1.54, 1.807) is 9.80 Å². The topological polar surface area (TPSA) is 72.9 Å². The zero-order valence-electron chi connectivity index (χ0n) is 9.19. The van der Waals surface area contributed by atoms with Crippen molar-refractivity contribution >= 4 is 11.9 Å². The lowest BCUT2D eigenvalue weighted by atomic mass is 10.1. The molecule has 2 aliphatic rings. The van der Waals surface area contributed by atoms with Gasteiger partial charge in [-0.3, -0.25) is 4.79 Å². The quantitative estimate of drug-likeness (QED) is 0.649. The standard InChI is InChI=1S/C10H17N3O3/c14-5-1-2-9(15)12-3-4-13-8(7-12)6-11-10(13)16/h8,14H,1-7H2,(H,11,16). The van der Waals surface area contributed by atoms with Gasteiger partial charge in [-0.1, -0.05) is 0 Å². The molecule has 0 saturated carbocycles. The first-order valence-electron chi connectivity index (χ1n) is 5.65. The van der Waals surface area contributed by atoms with Crippen LogP contribution in [0.3, 0.4) is 0 Å². The Morgan fingerprint density at radius 2 is 2.31 bits per heavy atom. The molecule has 0 aromatic rings. The van der Waals surface area contributed by atoms with E-state index in [0.29, 0.717) is 39.0 Å². The zero-order valence-corrected chi connectivity index (χ0v) is 9.19. The van der Waals surface area contributed by atoms with Crippen molar-refractivity contribution in [2.24, 2.45) is 0 Å². The highest BCUT2D eigenvalue weighted by atomic mass is 16.3. The third-order valence-electron chi connectivity index (χ3n) is 3.13. The first-order chi connectivity index (χ1) is 7.72. The van der Waals surface area contributed by atoms with Crippen molar-refractivity contribution in [1.29, 1.82) is 0 Å². The normalized spacial score (nSPS) is 24.3. The Bertz CT molecular complexity index is 295. The van der Waals surface area contributed by atoms with Gasteiger partial charge >= 0.3 is 6.03 Å². The monoisotopic (exact) mass is 227 g/mol. The Balaban J connectivity index is 1.86. The predicted octanol–water partition coefficient (Wildman–Crippen LogP) is -1.01. The Hall–Kier alpha value is -1.30. The van der Waals surface area contributed by atoms with Crippen molar-refractivity contribution in [2.45, 2.75) is 18.9 Å². The molecule has 2 N–H and O–H groups in total. The smallest absolute Gasteiger partial charge is 0.317 e. The minimum absolute atomic E-state index is 0.0209. The van der Waals surface area contributed by atoms with Crippen molar-refractivity contribution in [3.63, 3.8) is 0 Å². The third kappa shape index (κ3) is 2.11. The fraction of sp³-hybridized carbons (Fsp3) is 0.800. The molecule has 0 bridgehead atoms. The maximum absolute atomic E-state index is 11.7. The molecular weight excluding hydrogens is 210 g/mol. The van der Waals surface area contributed by atoms with Gasteiger partial charge in [-0.25, -0.2) is 4.79 Å². The molecule has 0 spiro atoms. The van der Waals surface area contributed by atoms with Crippen molar-refractivity contribution in [3.8, 4) is 0 Å². The molecule has 2 aliphatic heterocycles. The molecule has 2 fully saturated rings. The first-order valence-corrected chi connectivity index (χ1v) is 5.65. The van der Waals surface area contributed by atoms with Crippen molar-refractivity contribution in [1.82, 2.24) is 15.1 Å². The fourth-order valence-electron chi connectivity index (χ4n) is 2.22. The second kappa shape index (κ2) is 4.69. The SMILES string of the molecule is O=C(CCCO)N1CCN2C(=O)NCC2C1. The number of carbonyl (C=O) groups excluding carboxylic acids is 2. The number of nitrogens with one attached hydrogen (secondary N) is 1. The number of nitrogens with zero attached hydrogens (tertiary/aromatic N) is 2. The molecule has 1 unspecified atom stereocenters. The predicted molar refractivity (Wildman–Crippen MR) is 56.8 cm³/mol. The summed E-state index contributed by atoms with van der Waals surface area (Å²) in [6.45, 7) is 2.51. The summed E-state index contributed by atoms with van der Waals surface area (Å²) < 4.78 is 0. The highest BCUT2D eigenvalue weighted by molar-refractivity contribution is 5.79. The molecule has 6 nitrogen and oxygen atoms in total. The lowest BCUT2D eigenvalue weighted by molar-refractivity contribution is -0.133. The Morgan fingerprint density at radius 1 is 1.50 bits per heavy atom. The van der Waals surface area contributed by atoms with Crippen LogP contribution in [0.2, 0.25) is 0 Å². The van der Waals surface area contributed by atoms with Gasteiger partial charge in [0.1, 0.15) is 0 Å². The van der Waals surface area contributed by atoms with E-state index in [1.165, 1.54) is 0 Å². The molecule has 0 aliphatic carbocycles. The summed E-state index contributed by atoms with van der Waals surface area (Å²) >= 11 is 0. The second-order valence-corrected chi connectivity index (χ2v) is 4.20. The van der Waals surface area contributed by atoms with E-state index in [2.05, 4.69) is 5.32 Å². The number of hydrogen-bond acceptors (Lipinski definition) is 3. The average molecular weight is 227 g/mol. The summed E-state index contributed by atoms with van der Waals surface area (Å²) in [7, 11) is 0. The summed E-state index contributed by atoms with van der Waals surface area (Å²) in [6, 6.07) is 0.104. The van der Waals surface area contributed by atoms with Gasteiger partial charge in [-0.15, -0.1) is 0 Å². The number of amides is 3. The van der Waals surface area contributed by atoms with E-state index in [1.807, 2.05) is 0 Å². The van der Waals surface area contributed by atoms with Gasteiger partial charge in [0.05, 0.1) is 6.04 Å². The summed E-state index contributed by atoms with van der Waals surface area (Å²) in [5.74, 6) is 0.0769.